The Morgan fingerprint density at radius 2 is 1.96 bits per heavy atom. The van der Waals surface area contributed by atoms with Crippen LogP contribution in [0, 0.1) is 12.7 Å². The van der Waals surface area contributed by atoms with Crippen LogP contribution in [0.3, 0.4) is 0 Å². The number of aryl methyl sites for hydroxylation is 1. The Balaban J connectivity index is 2.20. The van der Waals surface area contributed by atoms with E-state index in [0.29, 0.717) is 22.0 Å². The third-order valence-electron chi connectivity index (χ3n) is 3.71. The third kappa shape index (κ3) is 4.09. The SMILES string of the molecule is C=C(Nc1cc(F)c(C)c(Cl)c1)c1cc(NC(C)(C)CF)cn1C. The highest BCUT2D eigenvalue weighted by molar-refractivity contribution is 6.31. The van der Waals surface area contributed by atoms with E-state index in [-0.39, 0.29) is 5.82 Å². The Bertz CT molecular complexity index is 743. The second-order valence-electron chi connectivity index (χ2n) is 6.54. The first-order valence-electron chi connectivity index (χ1n) is 7.55. The summed E-state index contributed by atoms with van der Waals surface area (Å²) in [7, 11) is 1.86. The molecule has 0 saturated carbocycles. The lowest BCUT2D eigenvalue weighted by Gasteiger charge is -2.22. The van der Waals surface area contributed by atoms with Crippen LogP contribution in [0.15, 0.2) is 31.0 Å². The fraction of sp³-hybridized carbons (Fsp3) is 0.333. The zero-order chi connectivity index (χ0) is 18.1. The van der Waals surface area contributed by atoms with Gasteiger partial charge in [0.05, 0.1) is 22.6 Å². The Kier molecular flexibility index (Phi) is 5.23. The first-order chi connectivity index (χ1) is 11.1. The number of hydrogen-bond acceptors (Lipinski definition) is 2. The molecule has 0 radical (unpaired) electrons. The molecule has 0 amide bonds. The molecule has 0 atom stereocenters. The lowest BCUT2D eigenvalue weighted by atomic mass is 10.1. The standard InChI is InChI=1S/C18H22ClF2N3/c1-11-15(19)6-13(7-16(11)21)22-12(2)17-8-14(9-24(17)5)23-18(3,4)10-20/h6-9,22-23H,2,10H2,1,3-5H3. The molecule has 1 aromatic carbocycles. The van der Waals surface area contributed by atoms with Crippen LogP contribution in [-0.4, -0.2) is 16.8 Å². The zero-order valence-corrected chi connectivity index (χ0v) is 15.1. The number of hydrogen-bond donors (Lipinski definition) is 2. The van der Waals surface area contributed by atoms with Crippen molar-refractivity contribution in [1.29, 1.82) is 0 Å². The molecule has 3 nitrogen and oxygen atoms in total. The molecule has 0 unspecified atom stereocenters. The summed E-state index contributed by atoms with van der Waals surface area (Å²) in [5, 5.41) is 6.54. The van der Waals surface area contributed by atoms with Crippen LogP contribution < -0.4 is 10.6 Å². The van der Waals surface area contributed by atoms with Gasteiger partial charge < -0.3 is 15.2 Å². The highest BCUT2D eigenvalue weighted by Gasteiger charge is 2.18. The normalized spacial score (nSPS) is 11.5. The molecular weight excluding hydrogens is 332 g/mol. The van der Waals surface area contributed by atoms with E-state index in [0.717, 1.165) is 11.4 Å². The van der Waals surface area contributed by atoms with Gasteiger partial charge in [0.1, 0.15) is 12.5 Å². The van der Waals surface area contributed by atoms with E-state index >= 15 is 0 Å². The third-order valence-corrected chi connectivity index (χ3v) is 4.10. The summed E-state index contributed by atoms with van der Waals surface area (Å²) < 4.78 is 28.6. The summed E-state index contributed by atoms with van der Waals surface area (Å²) in [5.41, 5.74) is 2.44. The molecule has 1 aromatic heterocycles. The molecule has 1 heterocycles. The van der Waals surface area contributed by atoms with Gasteiger partial charge >= 0.3 is 0 Å². The lowest BCUT2D eigenvalue weighted by molar-refractivity contribution is 0.375. The minimum Gasteiger partial charge on any atom is -0.376 e. The van der Waals surface area contributed by atoms with Crippen molar-refractivity contribution >= 4 is 28.7 Å². The van der Waals surface area contributed by atoms with E-state index in [2.05, 4.69) is 17.2 Å². The quantitative estimate of drug-likeness (QED) is 0.731. The van der Waals surface area contributed by atoms with Gasteiger partial charge in [-0.3, -0.25) is 0 Å². The maximum Gasteiger partial charge on any atom is 0.129 e. The molecule has 0 saturated heterocycles. The first kappa shape index (κ1) is 18.3. The van der Waals surface area contributed by atoms with Crippen LogP contribution in [0.4, 0.5) is 20.2 Å². The summed E-state index contributed by atoms with van der Waals surface area (Å²) >= 11 is 6.01. The van der Waals surface area contributed by atoms with E-state index in [9.17, 15) is 8.78 Å². The largest absolute Gasteiger partial charge is 0.376 e. The number of nitrogens with one attached hydrogen (secondary N) is 2. The number of nitrogens with zero attached hydrogens (tertiary/aromatic N) is 1. The van der Waals surface area contributed by atoms with Crippen molar-refractivity contribution in [3.05, 3.63) is 53.1 Å². The Morgan fingerprint density at radius 3 is 2.54 bits per heavy atom. The van der Waals surface area contributed by atoms with Crippen LogP contribution in [-0.2, 0) is 7.05 Å². The maximum atomic E-state index is 13.8. The second kappa shape index (κ2) is 6.85. The topological polar surface area (TPSA) is 29.0 Å². The second-order valence-corrected chi connectivity index (χ2v) is 6.94. The van der Waals surface area contributed by atoms with Crippen molar-refractivity contribution in [3.63, 3.8) is 0 Å². The lowest BCUT2D eigenvalue weighted by Crippen LogP contribution is -2.32. The van der Waals surface area contributed by atoms with Gasteiger partial charge in [-0.1, -0.05) is 18.2 Å². The number of halogens is 3. The van der Waals surface area contributed by atoms with E-state index in [4.69, 9.17) is 11.6 Å². The number of alkyl halides is 1. The van der Waals surface area contributed by atoms with Crippen LogP contribution in [0.25, 0.3) is 5.70 Å². The van der Waals surface area contributed by atoms with Gasteiger partial charge in [-0.2, -0.15) is 0 Å². The predicted molar refractivity (Wildman–Crippen MR) is 97.9 cm³/mol. The highest BCUT2D eigenvalue weighted by Crippen LogP contribution is 2.27. The van der Waals surface area contributed by atoms with Crippen molar-refractivity contribution in [1.82, 2.24) is 4.57 Å². The van der Waals surface area contributed by atoms with Crippen LogP contribution in [0.1, 0.15) is 25.1 Å². The molecule has 0 aliphatic carbocycles. The van der Waals surface area contributed by atoms with Crippen molar-refractivity contribution in [3.8, 4) is 0 Å². The van der Waals surface area contributed by atoms with Gasteiger partial charge in [0, 0.05) is 29.5 Å². The molecule has 0 spiro atoms. The number of rotatable bonds is 6. The molecular formula is C18H22ClF2N3. The molecule has 2 N–H and O–H groups in total. The average Bonchev–Trinajstić information content (AvgIpc) is 2.84. The highest BCUT2D eigenvalue weighted by atomic mass is 35.5. The smallest absolute Gasteiger partial charge is 0.129 e. The van der Waals surface area contributed by atoms with Gasteiger partial charge in [-0.25, -0.2) is 8.78 Å². The summed E-state index contributed by atoms with van der Waals surface area (Å²) in [5.74, 6) is -0.378. The van der Waals surface area contributed by atoms with E-state index in [1.807, 2.05) is 23.9 Å². The fourth-order valence-electron chi connectivity index (χ4n) is 2.31. The minimum absolute atomic E-state index is 0.351. The van der Waals surface area contributed by atoms with Gasteiger partial charge in [0.15, 0.2) is 0 Å². The fourth-order valence-corrected chi connectivity index (χ4v) is 2.52. The van der Waals surface area contributed by atoms with Gasteiger partial charge in [0.2, 0.25) is 0 Å². The maximum absolute atomic E-state index is 13.8. The molecule has 0 fully saturated rings. The van der Waals surface area contributed by atoms with Crippen molar-refractivity contribution in [2.45, 2.75) is 26.3 Å². The minimum atomic E-state index is -0.652. The zero-order valence-electron chi connectivity index (χ0n) is 14.3. The van der Waals surface area contributed by atoms with E-state index in [1.165, 1.54) is 6.07 Å². The molecule has 0 bridgehead atoms. The van der Waals surface area contributed by atoms with Crippen LogP contribution in [0.2, 0.25) is 5.02 Å². The Hall–Kier alpha value is -2.01. The summed E-state index contributed by atoms with van der Waals surface area (Å²) in [6, 6.07) is 4.89. The van der Waals surface area contributed by atoms with E-state index < -0.39 is 12.2 Å². The molecule has 0 aliphatic heterocycles. The monoisotopic (exact) mass is 353 g/mol. The predicted octanol–water partition coefficient (Wildman–Crippen LogP) is 5.37. The summed E-state index contributed by atoms with van der Waals surface area (Å²) in [4.78, 5) is 0. The molecule has 0 aliphatic rings. The molecule has 6 heteroatoms. The van der Waals surface area contributed by atoms with Crippen molar-refractivity contribution in [2.24, 2.45) is 7.05 Å². The Labute approximate surface area is 146 Å². The summed E-state index contributed by atoms with van der Waals surface area (Å²) in [6.07, 6.45) is 1.85. The molecule has 130 valence electrons. The molecule has 2 rings (SSSR count). The number of aromatic nitrogens is 1. The molecule has 24 heavy (non-hydrogen) atoms. The van der Waals surface area contributed by atoms with Crippen LogP contribution >= 0.6 is 11.6 Å². The van der Waals surface area contributed by atoms with Gasteiger partial charge in [0.25, 0.3) is 0 Å². The summed E-state index contributed by atoms with van der Waals surface area (Å²) in [6.45, 7) is 8.69. The van der Waals surface area contributed by atoms with E-state index in [1.54, 1.807) is 26.8 Å². The Morgan fingerprint density at radius 1 is 1.29 bits per heavy atom. The van der Waals surface area contributed by atoms with Crippen LogP contribution in [0.5, 0.6) is 0 Å². The van der Waals surface area contributed by atoms with Crippen molar-refractivity contribution in [2.75, 3.05) is 17.3 Å². The molecule has 2 aromatic rings. The number of anilines is 2. The van der Waals surface area contributed by atoms with Gasteiger partial charge in [-0.05, 0) is 39.0 Å². The average molecular weight is 354 g/mol. The number of benzene rings is 1. The first-order valence-corrected chi connectivity index (χ1v) is 7.93. The van der Waals surface area contributed by atoms with Crippen molar-refractivity contribution < 1.29 is 8.78 Å². The van der Waals surface area contributed by atoms with Gasteiger partial charge in [-0.15, -0.1) is 0 Å².